The highest BCUT2D eigenvalue weighted by molar-refractivity contribution is 6.01. The van der Waals surface area contributed by atoms with E-state index >= 15 is 0 Å². The average molecular weight is 257 g/mol. The summed E-state index contributed by atoms with van der Waals surface area (Å²) in [5.41, 5.74) is 3.00. The van der Waals surface area contributed by atoms with Crippen LogP contribution in [0.1, 0.15) is 18.1 Å². The van der Waals surface area contributed by atoms with Gasteiger partial charge in [0.25, 0.3) is 0 Å². The van der Waals surface area contributed by atoms with Crippen molar-refractivity contribution in [1.29, 1.82) is 0 Å². The zero-order chi connectivity index (χ0) is 14.0. The van der Waals surface area contributed by atoms with Crippen LogP contribution in [0, 0.1) is 6.92 Å². The Balaban J connectivity index is 2.55. The van der Waals surface area contributed by atoms with E-state index in [9.17, 15) is 10.2 Å². The van der Waals surface area contributed by atoms with Gasteiger partial charge in [-0.25, -0.2) is 0 Å². The highest BCUT2D eigenvalue weighted by Gasteiger charge is 2.12. The number of phenolic OH excluding ortho intramolecular Hbond substituents is 2. The second-order valence-corrected chi connectivity index (χ2v) is 4.44. The van der Waals surface area contributed by atoms with Gasteiger partial charge in [0, 0.05) is 11.1 Å². The van der Waals surface area contributed by atoms with E-state index in [1.54, 1.807) is 6.92 Å². The van der Waals surface area contributed by atoms with Crippen molar-refractivity contribution in [2.45, 2.75) is 13.8 Å². The molecular formula is C15H15NO3. The first kappa shape index (κ1) is 13.0. The maximum absolute atomic E-state index is 10.0. The van der Waals surface area contributed by atoms with Crippen molar-refractivity contribution >= 4 is 5.71 Å². The van der Waals surface area contributed by atoms with Crippen molar-refractivity contribution in [2.75, 3.05) is 0 Å². The Morgan fingerprint density at radius 2 is 1.63 bits per heavy atom. The van der Waals surface area contributed by atoms with Gasteiger partial charge in [-0.3, -0.25) is 0 Å². The molecule has 0 spiro atoms. The van der Waals surface area contributed by atoms with Crippen molar-refractivity contribution in [3.05, 3.63) is 47.5 Å². The number of oxime groups is 1. The third kappa shape index (κ3) is 2.52. The zero-order valence-corrected chi connectivity index (χ0v) is 10.8. The molecule has 0 fully saturated rings. The summed E-state index contributed by atoms with van der Waals surface area (Å²) in [6.45, 7) is 3.52. The lowest BCUT2D eigenvalue weighted by Gasteiger charge is -2.09. The number of nitrogens with zero attached hydrogens (tertiary/aromatic N) is 1. The normalized spacial score (nSPS) is 11.6. The fraction of sp³-hybridized carbons (Fsp3) is 0.133. The molecule has 2 aromatic rings. The molecule has 98 valence electrons. The van der Waals surface area contributed by atoms with Crippen molar-refractivity contribution < 1.29 is 15.4 Å². The number of rotatable bonds is 2. The minimum absolute atomic E-state index is 0.0275. The van der Waals surface area contributed by atoms with Crippen LogP contribution in [0.4, 0.5) is 0 Å². The Hall–Kier alpha value is -2.49. The van der Waals surface area contributed by atoms with Crippen molar-refractivity contribution in [3.63, 3.8) is 0 Å². The van der Waals surface area contributed by atoms with Crippen molar-refractivity contribution in [1.82, 2.24) is 0 Å². The van der Waals surface area contributed by atoms with Gasteiger partial charge in [-0.15, -0.1) is 0 Å². The van der Waals surface area contributed by atoms with E-state index in [-0.39, 0.29) is 17.2 Å². The molecule has 0 aliphatic carbocycles. The summed E-state index contributed by atoms with van der Waals surface area (Å²) in [6, 6.07) is 10.5. The Labute approximate surface area is 111 Å². The highest BCUT2D eigenvalue weighted by atomic mass is 16.4. The Morgan fingerprint density at radius 3 is 2.21 bits per heavy atom. The largest absolute Gasteiger partial charge is 0.507 e. The molecule has 4 nitrogen and oxygen atoms in total. The molecule has 0 bridgehead atoms. The number of aryl methyl sites for hydroxylation is 1. The van der Waals surface area contributed by atoms with Gasteiger partial charge in [0.15, 0.2) is 0 Å². The molecule has 2 aromatic carbocycles. The number of benzene rings is 2. The lowest BCUT2D eigenvalue weighted by Crippen LogP contribution is -1.95. The summed E-state index contributed by atoms with van der Waals surface area (Å²) in [5, 5.41) is 31.7. The van der Waals surface area contributed by atoms with Gasteiger partial charge < -0.3 is 15.4 Å². The summed E-state index contributed by atoms with van der Waals surface area (Å²) in [7, 11) is 0. The first-order chi connectivity index (χ1) is 9.02. The third-order valence-electron chi connectivity index (χ3n) is 3.02. The van der Waals surface area contributed by atoms with Crippen molar-refractivity contribution in [2.24, 2.45) is 5.16 Å². The van der Waals surface area contributed by atoms with Gasteiger partial charge in [-0.1, -0.05) is 35.0 Å². The van der Waals surface area contributed by atoms with E-state index in [1.807, 2.05) is 31.2 Å². The molecule has 0 saturated carbocycles. The quantitative estimate of drug-likeness (QED) is 0.334. The molecule has 3 N–H and O–H groups in total. The SMILES string of the molecule is C/C(=N\O)c1cc(O)c(-c2ccc(C)cc2)cc1O. The van der Waals surface area contributed by atoms with Crippen LogP contribution in [0.3, 0.4) is 0 Å². The maximum Gasteiger partial charge on any atom is 0.125 e. The molecular weight excluding hydrogens is 242 g/mol. The van der Waals surface area contributed by atoms with Crippen LogP contribution in [-0.2, 0) is 0 Å². The summed E-state index contributed by atoms with van der Waals surface area (Å²) in [5.74, 6) is -0.0108. The predicted molar refractivity (Wildman–Crippen MR) is 73.9 cm³/mol. The molecule has 19 heavy (non-hydrogen) atoms. The van der Waals surface area contributed by atoms with Crippen LogP contribution in [0.5, 0.6) is 11.5 Å². The van der Waals surface area contributed by atoms with E-state index in [0.717, 1.165) is 11.1 Å². The molecule has 0 heterocycles. The van der Waals surface area contributed by atoms with Crippen LogP contribution in [0.2, 0.25) is 0 Å². The topological polar surface area (TPSA) is 73.1 Å². The second-order valence-electron chi connectivity index (χ2n) is 4.44. The number of hydrogen-bond acceptors (Lipinski definition) is 4. The van der Waals surface area contributed by atoms with E-state index in [0.29, 0.717) is 11.1 Å². The predicted octanol–water partition coefficient (Wildman–Crippen LogP) is 3.27. The fourth-order valence-corrected chi connectivity index (χ4v) is 1.88. The zero-order valence-electron chi connectivity index (χ0n) is 10.8. The smallest absolute Gasteiger partial charge is 0.125 e. The first-order valence-electron chi connectivity index (χ1n) is 5.85. The minimum Gasteiger partial charge on any atom is -0.507 e. The van der Waals surface area contributed by atoms with Gasteiger partial charge in [-0.2, -0.15) is 0 Å². The summed E-state index contributed by atoms with van der Waals surface area (Å²) < 4.78 is 0. The van der Waals surface area contributed by atoms with Gasteiger partial charge >= 0.3 is 0 Å². The van der Waals surface area contributed by atoms with Crippen LogP contribution in [0.25, 0.3) is 11.1 Å². The molecule has 0 aromatic heterocycles. The summed E-state index contributed by atoms with van der Waals surface area (Å²) >= 11 is 0. The molecule has 2 rings (SSSR count). The highest BCUT2D eigenvalue weighted by Crippen LogP contribution is 2.35. The van der Waals surface area contributed by atoms with Crippen LogP contribution in [0.15, 0.2) is 41.6 Å². The van der Waals surface area contributed by atoms with E-state index in [1.165, 1.54) is 12.1 Å². The molecule has 0 aliphatic rings. The average Bonchev–Trinajstić information content (AvgIpc) is 2.41. The Bertz CT molecular complexity index is 631. The van der Waals surface area contributed by atoms with E-state index in [4.69, 9.17) is 5.21 Å². The third-order valence-corrected chi connectivity index (χ3v) is 3.02. The Morgan fingerprint density at radius 1 is 1.00 bits per heavy atom. The van der Waals surface area contributed by atoms with Crippen LogP contribution < -0.4 is 0 Å². The van der Waals surface area contributed by atoms with Gasteiger partial charge in [-0.05, 0) is 31.5 Å². The summed E-state index contributed by atoms with van der Waals surface area (Å²) in [6.07, 6.45) is 0. The molecule has 0 amide bonds. The summed E-state index contributed by atoms with van der Waals surface area (Å²) in [4.78, 5) is 0. The molecule has 0 saturated heterocycles. The Kier molecular flexibility index (Phi) is 3.42. The number of hydrogen-bond donors (Lipinski definition) is 3. The lowest BCUT2D eigenvalue weighted by atomic mass is 9.99. The first-order valence-corrected chi connectivity index (χ1v) is 5.85. The van der Waals surface area contributed by atoms with E-state index in [2.05, 4.69) is 5.16 Å². The lowest BCUT2D eigenvalue weighted by molar-refractivity contribution is 0.318. The van der Waals surface area contributed by atoms with Gasteiger partial charge in [0.2, 0.25) is 0 Å². The molecule has 0 radical (unpaired) electrons. The minimum atomic E-state index is -0.0383. The van der Waals surface area contributed by atoms with E-state index < -0.39 is 0 Å². The van der Waals surface area contributed by atoms with Crippen molar-refractivity contribution in [3.8, 4) is 22.6 Å². The molecule has 0 unspecified atom stereocenters. The number of aromatic hydroxyl groups is 2. The van der Waals surface area contributed by atoms with Crippen LogP contribution >= 0.6 is 0 Å². The van der Waals surface area contributed by atoms with Gasteiger partial charge in [0.05, 0.1) is 5.71 Å². The number of phenols is 2. The van der Waals surface area contributed by atoms with Crippen LogP contribution in [-0.4, -0.2) is 21.1 Å². The molecule has 0 atom stereocenters. The maximum atomic E-state index is 10.0. The molecule has 0 aliphatic heterocycles. The molecule has 4 heteroatoms. The van der Waals surface area contributed by atoms with Gasteiger partial charge in [0.1, 0.15) is 11.5 Å². The second kappa shape index (κ2) is 5.02. The monoisotopic (exact) mass is 257 g/mol. The standard InChI is InChI=1S/C15H15NO3/c1-9-3-5-11(6-4-9)13-8-14(17)12(7-15(13)18)10(2)16-19/h3-8,17-19H,1-2H3/b16-10+. The fourth-order valence-electron chi connectivity index (χ4n) is 1.88.